The normalized spacial score (nSPS) is 11.2. The molecule has 0 bridgehead atoms. The molecule has 0 unspecified atom stereocenters. The van der Waals surface area contributed by atoms with Gasteiger partial charge in [0.25, 0.3) is 0 Å². The average molecular weight is 272 g/mol. The van der Waals surface area contributed by atoms with Crippen LogP contribution in [0.5, 0.6) is 0 Å². The summed E-state index contributed by atoms with van der Waals surface area (Å²) in [6, 6.07) is 10.4. The van der Waals surface area contributed by atoms with Crippen LogP contribution >= 0.6 is 0 Å². The molecule has 0 atom stereocenters. The first-order chi connectivity index (χ1) is 9.39. The Morgan fingerprint density at radius 1 is 1.10 bits per heavy atom. The summed E-state index contributed by atoms with van der Waals surface area (Å²) in [5.74, 6) is -0.667. The van der Waals surface area contributed by atoms with Crippen LogP contribution in [-0.4, -0.2) is 10.9 Å². The quantitative estimate of drug-likeness (QED) is 0.843. The predicted octanol–water partition coefficient (Wildman–Crippen LogP) is 3.87. The zero-order valence-corrected chi connectivity index (χ0v) is 11.8. The van der Waals surface area contributed by atoms with Crippen LogP contribution in [0.25, 0.3) is 11.1 Å². The number of carbonyl (C=O) groups is 1. The Labute approximate surface area is 117 Å². The van der Waals surface area contributed by atoms with Gasteiger partial charge in [-0.3, -0.25) is 4.79 Å². The number of hydrogen-bond acceptors (Lipinski definition) is 2. The Morgan fingerprint density at radius 3 is 2.40 bits per heavy atom. The Bertz CT molecular complexity index is 632. The van der Waals surface area contributed by atoms with Gasteiger partial charge in [-0.1, -0.05) is 39.0 Å². The molecule has 0 aliphatic rings. The van der Waals surface area contributed by atoms with Gasteiger partial charge in [-0.05, 0) is 18.2 Å². The van der Waals surface area contributed by atoms with Gasteiger partial charge in [0.05, 0.1) is 0 Å². The van der Waals surface area contributed by atoms with E-state index in [1.807, 2.05) is 20.8 Å². The van der Waals surface area contributed by atoms with Crippen LogP contribution in [0, 0.1) is 11.4 Å². The predicted molar refractivity (Wildman–Crippen MR) is 77.7 cm³/mol. The zero-order chi connectivity index (χ0) is 14.8. The standard InChI is InChI=1S/C16H17FN2O/c1-16(2,3)15(20)19-13-9-5-4-7-11(13)12-8-6-10-18-14(12)17/h4-10H,1-3H3,(H,19,20). The topological polar surface area (TPSA) is 42.0 Å². The maximum absolute atomic E-state index is 13.8. The molecule has 1 amide bonds. The van der Waals surface area contributed by atoms with Crippen molar-refractivity contribution in [2.24, 2.45) is 5.41 Å². The lowest BCUT2D eigenvalue weighted by Crippen LogP contribution is -2.27. The first-order valence-electron chi connectivity index (χ1n) is 6.41. The summed E-state index contributed by atoms with van der Waals surface area (Å²) < 4.78 is 13.8. The average Bonchev–Trinajstić information content (AvgIpc) is 2.39. The van der Waals surface area contributed by atoms with Gasteiger partial charge in [-0.2, -0.15) is 4.39 Å². The summed E-state index contributed by atoms with van der Waals surface area (Å²) in [6.45, 7) is 5.49. The minimum atomic E-state index is -0.551. The second-order valence-corrected chi connectivity index (χ2v) is 5.59. The lowest BCUT2D eigenvalue weighted by atomic mass is 9.95. The zero-order valence-electron chi connectivity index (χ0n) is 11.8. The molecule has 1 aromatic heterocycles. The molecule has 4 heteroatoms. The number of aromatic nitrogens is 1. The van der Waals surface area contributed by atoms with E-state index in [1.165, 1.54) is 6.20 Å². The fraction of sp³-hybridized carbons (Fsp3) is 0.250. The van der Waals surface area contributed by atoms with Crippen LogP contribution in [0.1, 0.15) is 20.8 Å². The molecule has 2 aromatic rings. The van der Waals surface area contributed by atoms with Crippen LogP contribution in [0.15, 0.2) is 42.6 Å². The second-order valence-electron chi connectivity index (χ2n) is 5.59. The van der Waals surface area contributed by atoms with E-state index < -0.39 is 11.4 Å². The van der Waals surface area contributed by atoms with Crippen molar-refractivity contribution >= 4 is 11.6 Å². The summed E-state index contributed by atoms with van der Waals surface area (Å²) in [4.78, 5) is 15.7. The highest BCUT2D eigenvalue weighted by molar-refractivity contribution is 5.98. The van der Waals surface area contributed by atoms with Crippen molar-refractivity contribution in [2.75, 3.05) is 5.32 Å². The molecule has 0 fully saturated rings. The molecule has 0 saturated heterocycles. The number of carbonyl (C=O) groups excluding carboxylic acids is 1. The first kappa shape index (κ1) is 14.2. The molecule has 1 aromatic carbocycles. The van der Waals surface area contributed by atoms with Crippen LogP contribution in [0.3, 0.4) is 0 Å². The third-order valence-electron chi connectivity index (χ3n) is 2.91. The monoisotopic (exact) mass is 272 g/mol. The number of hydrogen-bond donors (Lipinski definition) is 1. The van der Waals surface area contributed by atoms with Crippen molar-refractivity contribution in [3.8, 4) is 11.1 Å². The SMILES string of the molecule is CC(C)(C)C(=O)Nc1ccccc1-c1cccnc1F. The first-order valence-corrected chi connectivity index (χ1v) is 6.41. The molecule has 0 saturated carbocycles. The third-order valence-corrected chi connectivity index (χ3v) is 2.91. The van der Waals surface area contributed by atoms with Gasteiger partial charge in [0, 0.05) is 28.4 Å². The van der Waals surface area contributed by atoms with Crippen molar-refractivity contribution in [1.82, 2.24) is 4.98 Å². The van der Waals surface area contributed by atoms with Crippen molar-refractivity contribution in [3.05, 3.63) is 48.5 Å². The van der Waals surface area contributed by atoms with Crippen LogP contribution in [-0.2, 0) is 4.79 Å². The van der Waals surface area contributed by atoms with Gasteiger partial charge in [-0.25, -0.2) is 4.98 Å². The van der Waals surface area contributed by atoms with Crippen LogP contribution in [0.2, 0.25) is 0 Å². The largest absolute Gasteiger partial charge is 0.325 e. The van der Waals surface area contributed by atoms with Gasteiger partial charge < -0.3 is 5.32 Å². The third kappa shape index (κ3) is 3.02. The number of para-hydroxylation sites is 1. The maximum atomic E-state index is 13.8. The molecule has 2 rings (SSSR count). The fourth-order valence-corrected chi connectivity index (χ4v) is 1.72. The highest BCUT2D eigenvalue weighted by Crippen LogP contribution is 2.30. The summed E-state index contributed by atoms with van der Waals surface area (Å²) in [5, 5.41) is 2.84. The van der Waals surface area contributed by atoms with Crippen LogP contribution < -0.4 is 5.32 Å². The highest BCUT2D eigenvalue weighted by Gasteiger charge is 2.22. The molecule has 0 spiro atoms. The van der Waals surface area contributed by atoms with E-state index in [1.54, 1.807) is 36.4 Å². The molecule has 1 N–H and O–H groups in total. The van der Waals surface area contributed by atoms with Gasteiger partial charge in [-0.15, -0.1) is 0 Å². The van der Waals surface area contributed by atoms with Crippen LogP contribution in [0.4, 0.5) is 10.1 Å². The van der Waals surface area contributed by atoms with Crippen molar-refractivity contribution < 1.29 is 9.18 Å². The van der Waals surface area contributed by atoms with E-state index in [0.29, 0.717) is 16.8 Å². The Balaban J connectivity index is 2.42. The lowest BCUT2D eigenvalue weighted by molar-refractivity contribution is -0.123. The van der Waals surface area contributed by atoms with E-state index in [0.717, 1.165) is 0 Å². The molecular formula is C16H17FN2O. The molecule has 104 valence electrons. The lowest BCUT2D eigenvalue weighted by Gasteiger charge is -2.19. The smallest absolute Gasteiger partial charge is 0.229 e. The Hall–Kier alpha value is -2.23. The van der Waals surface area contributed by atoms with Gasteiger partial charge in [0.15, 0.2) is 0 Å². The highest BCUT2D eigenvalue weighted by atomic mass is 19.1. The minimum Gasteiger partial charge on any atom is -0.325 e. The van der Waals surface area contributed by atoms with E-state index in [9.17, 15) is 9.18 Å². The molecule has 20 heavy (non-hydrogen) atoms. The van der Waals surface area contributed by atoms with Gasteiger partial charge in [0.1, 0.15) is 0 Å². The summed E-state index contributed by atoms with van der Waals surface area (Å²) in [7, 11) is 0. The van der Waals surface area contributed by atoms with E-state index in [-0.39, 0.29) is 5.91 Å². The number of benzene rings is 1. The minimum absolute atomic E-state index is 0.116. The van der Waals surface area contributed by atoms with Crippen molar-refractivity contribution in [3.63, 3.8) is 0 Å². The molecule has 1 heterocycles. The Morgan fingerprint density at radius 2 is 1.75 bits per heavy atom. The number of rotatable bonds is 2. The molecular weight excluding hydrogens is 255 g/mol. The number of anilines is 1. The molecule has 0 radical (unpaired) electrons. The maximum Gasteiger partial charge on any atom is 0.229 e. The van der Waals surface area contributed by atoms with E-state index >= 15 is 0 Å². The summed E-state index contributed by atoms with van der Waals surface area (Å²) >= 11 is 0. The summed E-state index contributed by atoms with van der Waals surface area (Å²) in [5.41, 5.74) is 1.06. The number of nitrogens with one attached hydrogen (secondary N) is 1. The molecule has 3 nitrogen and oxygen atoms in total. The van der Waals surface area contributed by atoms with Gasteiger partial charge >= 0.3 is 0 Å². The molecule has 0 aliphatic heterocycles. The summed E-state index contributed by atoms with van der Waals surface area (Å²) in [6.07, 6.45) is 1.40. The second kappa shape index (κ2) is 5.41. The number of amides is 1. The Kier molecular flexibility index (Phi) is 3.84. The van der Waals surface area contributed by atoms with Gasteiger partial charge in [0.2, 0.25) is 11.9 Å². The van der Waals surface area contributed by atoms with Crippen molar-refractivity contribution in [1.29, 1.82) is 0 Å². The molecule has 0 aliphatic carbocycles. The number of nitrogens with zero attached hydrogens (tertiary/aromatic N) is 1. The number of halogens is 1. The van der Waals surface area contributed by atoms with E-state index in [2.05, 4.69) is 10.3 Å². The van der Waals surface area contributed by atoms with E-state index in [4.69, 9.17) is 0 Å². The fourth-order valence-electron chi connectivity index (χ4n) is 1.72. The number of pyridine rings is 1. The van der Waals surface area contributed by atoms with Crippen molar-refractivity contribution in [2.45, 2.75) is 20.8 Å².